The second-order valence-corrected chi connectivity index (χ2v) is 5.07. The lowest BCUT2D eigenvalue weighted by molar-refractivity contribution is 0.157. The zero-order chi connectivity index (χ0) is 9.97. The molecule has 0 amide bonds. The Labute approximate surface area is 88.9 Å². The van der Waals surface area contributed by atoms with Crippen LogP contribution >= 0.6 is 11.3 Å². The molecule has 78 valence electrons. The minimum absolute atomic E-state index is 0.391. The second-order valence-electron chi connectivity index (χ2n) is 4.09. The highest BCUT2D eigenvalue weighted by Gasteiger charge is 2.23. The van der Waals surface area contributed by atoms with Crippen molar-refractivity contribution >= 4 is 11.3 Å². The van der Waals surface area contributed by atoms with Gasteiger partial charge in [0.25, 0.3) is 0 Å². The van der Waals surface area contributed by atoms with E-state index in [1.807, 2.05) is 11.6 Å². The van der Waals surface area contributed by atoms with Crippen molar-refractivity contribution in [1.29, 1.82) is 0 Å². The highest BCUT2D eigenvalue weighted by molar-refractivity contribution is 7.09. The molecule has 2 heterocycles. The Balaban J connectivity index is 1.88. The second kappa shape index (κ2) is 4.38. The number of piperidine rings is 1. The third-order valence-corrected chi connectivity index (χ3v) is 3.66. The number of rotatable bonds is 2. The predicted molar refractivity (Wildman–Crippen MR) is 59.1 cm³/mol. The fourth-order valence-corrected chi connectivity index (χ4v) is 2.57. The summed E-state index contributed by atoms with van der Waals surface area (Å²) in [6, 6.07) is 0.391. The van der Waals surface area contributed by atoms with Crippen molar-refractivity contribution in [2.75, 3.05) is 13.1 Å². The molecular weight excluding hydrogens is 194 g/mol. The highest BCUT2D eigenvalue weighted by Crippen LogP contribution is 2.17. The van der Waals surface area contributed by atoms with Crippen molar-refractivity contribution in [2.45, 2.75) is 25.9 Å². The van der Waals surface area contributed by atoms with E-state index < -0.39 is 0 Å². The summed E-state index contributed by atoms with van der Waals surface area (Å²) in [4.78, 5) is 6.75. The molecule has 0 saturated carbocycles. The Bertz CT molecular complexity index is 273. The van der Waals surface area contributed by atoms with Crippen LogP contribution in [0.25, 0.3) is 0 Å². The summed E-state index contributed by atoms with van der Waals surface area (Å²) >= 11 is 1.73. The Morgan fingerprint density at radius 3 is 3.21 bits per heavy atom. The topological polar surface area (TPSA) is 42.2 Å². The van der Waals surface area contributed by atoms with E-state index >= 15 is 0 Å². The summed E-state index contributed by atoms with van der Waals surface area (Å²) in [5.74, 6) is 0.615. The summed E-state index contributed by atoms with van der Waals surface area (Å²) in [6.45, 7) is 5.46. The van der Waals surface area contributed by atoms with Crippen LogP contribution in [0.5, 0.6) is 0 Å². The molecular formula is C10H17N3S. The largest absolute Gasteiger partial charge is 0.327 e. The summed E-state index contributed by atoms with van der Waals surface area (Å²) in [5, 5.41) is 3.25. The Morgan fingerprint density at radius 1 is 1.71 bits per heavy atom. The van der Waals surface area contributed by atoms with Crippen LogP contribution in [0.1, 0.15) is 18.4 Å². The molecule has 0 bridgehead atoms. The maximum absolute atomic E-state index is 5.97. The van der Waals surface area contributed by atoms with Gasteiger partial charge in [-0.15, -0.1) is 11.3 Å². The van der Waals surface area contributed by atoms with E-state index in [0.717, 1.165) is 26.1 Å². The van der Waals surface area contributed by atoms with Crippen LogP contribution in [0.2, 0.25) is 0 Å². The molecule has 0 spiro atoms. The first kappa shape index (κ1) is 10.1. The lowest BCUT2D eigenvalue weighted by Gasteiger charge is -2.34. The van der Waals surface area contributed by atoms with Crippen LogP contribution in [0.15, 0.2) is 11.6 Å². The number of likely N-dealkylation sites (tertiary alicyclic amines) is 1. The fourth-order valence-electron chi connectivity index (χ4n) is 1.92. The smallest absolute Gasteiger partial charge is 0.107 e. The molecule has 2 unspecified atom stereocenters. The van der Waals surface area contributed by atoms with Crippen molar-refractivity contribution in [2.24, 2.45) is 11.7 Å². The quantitative estimate of drug-likeness (QED) is 0.802. The summed E-state index contributed by atoms with van der Waals surface area (Å²) in [7, 11) is 0. The van der Waals surface area contributed by atoms with Crippen molar-refractivity contribution in [3.8, 4) is 0 Å². The van der Waals surface area contributed by atoms with Crippen LogP contribution in [0, 0.1) is 5.92 Å². The molecule has 1 aliphatic heterocycles. The molecule has 2 rings (SSSR count). The van der Waals surface area contributed by atoms with Gasteiger partial charge < -0.3 is 5.73 Å². The van der Waals surface area contributed by atoms with Gasteiger partial charge in [-0.3, -0.25) is 4.90 Å². The molecule has 14 heavy (non-hydrogen) atoms. The van der Waals surface area contributed by atoms with Gasteiger partial charge in [0, 0.05) is 30.7 Å². The zero-order valence-electron chi connectivity index (χ0n) is 8.52. The number of thiazole rings is 1. The summed E-state index contributed by atoms with van der Waals surface area (Å²) in [5.41, 5.74) is 5.97. The van der Waals surface area contributed by atoms with Crippen molar-refractivity contribution in [3.05, 3.63) is 16.6 Å². The molecule has 0 aromatic carbocycles. The Kier molecular flexibility index (Phi) is 3.15. The maximum Gasteiger partial charge on any atom is 0.107 e. The van der Waals surface area contributed by atoms with Gasteiger partial charge in [-0.1, -0.05) is 6.92 Å². The number of nitrogens with two attached hydrogens (primary N) is 1. The Morgan fingerprint density at radius 2 is 2.57 bits per heavy atom. The average Bonchev–Trinajstić information content (AvgIpc) is 2.64. The summed E-state index contributed by atoms with van der Waals surface area (Å²) < 4.78 is 0. The van der Waals surface area contributed by atoms with Gasteiger partial charge in [-0.05, 0) is 12.3 Å². The molecule has 2 atom stereocenters. The molecule has 1 saturated heterocycles. The van der Waals surface area contributed by atoms with Crippen molar-refractivity contribution in [3.63, 3.8) is 0 Å². The van der Waals surface area contributed by atoms with E-state index in [0.29, 0.717) is 12.0 Å². The highest BCUT2D eigenvalue weighted by atomic mass is 32.1. The lowest BCUT2D eigenvalue weighted by atomic mass is 9.95. The van der Waals surface area contributed by atoms with E-state index in [1.165, 1.54) is 5.01 Å². The van der Waals surface area contributed by atoms with Gasteiger partial charge >= 0.3 is 0 Å². The average molecular weight is 211 g/mol. The number of hydrogen-bond acceptors (Lipinski definition) is 4. The first-order valence-electron chi connectivity index (χ1n) is 5.12. The van der Waals surface area contributed by atoms with Crippen LogP contribution in [0.4, 0.5) is 0 Å². The van der Waals surface area contributed by atoms with E-state index in [9.17, 15) is 0 Å². The molecule has 1 aromatic rings. The molecule has 0 radical (unpaired) electrons. The van der Waals surface area contributed by atoms with Gasteiger partial charge in [0.2, 0.25) is 0 Å². The van der Waals surface area contributed by atoms with E-state index in [4.69, 9.17) is 5.73 Å². The van der Waals surface area contributed by atoms with Gasteiger partial charge in [-0.2, -0.15) is 0 Å². The van der Waals surface area contributed by atoms with Gasteiger partial charge in [0.15, 0.2) is 0 Å². The first-order valence-corrected chi connectivity index (χ1v) is 6.00. The van der Waals surface area contributed by atoms with Crippen molar-refractivity contribution in [1.82, 2.24) is 9.88 Å². The van der Waals surface area contributed by atoms with Crippen LogP contribution in [0.3, 0.4) is 0 Å². The fraction of sp³-hybridized carbons (Fsp3) is 0.700. The van der Waals surface area contributed by atoms with Gasteiger partial charge in [0.1, 0.15) is 5.01 Å². The van der Waals surface area contributed by atoms with Crippen LogP contribution in [-0.2, 0) is 6.54 Å². The minimum Gasteiger partial charge on any atom is -0.327 e. The first-order chi connectivity index (χ1) is 6.75. The molecule has 1 aliphatic rings. The van der Waals surface area contributed by atoms with Gasteiger partial charge in [0.05, 0.1) is 6.54 Å². The number of hydrogen-bond donors (Lipinski definition) is 1. The van der Waals surface area contributed by atoms with Crippen molar-refractivity contribution < 1.29 is 0 Å². The molecule has 0 aliphatic carbocycles. The molecule has 3 nitrogen and oxygen atoms in total. The number of aromatic nitrogens is 1. The third kappa shape index (κ3) is 2.32. The minimum atomic E-state index is 0.391. The van der Waals surface area contributed by atoms with Crippen LogP contribution in [-0.4, -0.2) is 29.0 Å². The SMILES string of the molecule is CC1CN(Cc2nccs2)CCC1N. The molecule has 4 heteroatoms. The molecule has 2 N–H and O–H groups in total. The zero-order valence-corrected chi connectivity index (χ0v) is 9.33. The normalized spacial score (nSPS) is 29.3. The third-order valence-electron chi connectivity index (χ3n) is 2.90. The maximum atomic E-state index is 5.97. The van der Waals surface area contributed by atoms with E-state index in [1.54, 1.807) is 11.3 Å². The lowest BCUT2D eigenvalue weighted by Crippen LogP contribution is -2.45. The van der Waals surface area contributed by atoms with E-state index in [2.05, 4.69) is 16.8 Å². The number of nitrogens with zero attached hydrogens (tertiary/aromatic N) is 2. The molecule has 1 aromatic heterocycles. The standard InChI is InChI=1S/C10H17N3S/c1-8-6-13(4-2-9(8)11)7-10-12-3-5-14-10/h3,5,8-9H,2,4,6-7,11H2,1H3. The van der Waals surface area contributed by atoms with E-state index in [-0.39, 0.29) is 0 Å². The predicted octanol–water partition coefficient (Wildman–Crippen LogP) is 1.31. The molecule has 1 fully saturated rings. The van der Waals surface area contributed by atoms with Crippen LogP contribution < -0.4 is 5.73 Å². The monoisotopic (exact) mass is 211 g/mol. The Hall–Kier alpha value is -0.450. The van der Waals surface area contributed by atoms with Gasteiger partial charge in [-0.25, -0.2) is 4.98 Å². The summed E-state index contributed by atoms with van der Waals surface area (Å²) in [6.07, 6.45) is 2.99.